The molecule has 0 spiro atoms. The van der Waals surface area contributed by atoms with E-state index in [0.717, 1.165) is 0 Å². The van der Waals surface area contributed by atoms with Crippen molar-refractivity contribution in [2.75, 3.05) is 0 Å². The van der Waals surface area contributed by atoms with Crippen molar-refractivity contribution in [3.63, 3.8) is 0 Å². The molecule has 3 aromatic rings. The first kappa shape index (κ1) is 18.3. The van der Waals surface area contributed by atoms with E-state index in [-0.39, 0.29) is 54.1 Å². The molecule has 0 unspecified atom stereocenters. The first-order valence-electron chi connectivity index (χ1n) is 6.34. The molecule has 0 amide bonds. The quantitative estimate of drug-likeness (QED) is 0.525. The molecule has 0 saturated heterocycles. The zero-order valence-electron chi connectivity index (χ0n) is 11.7. The van der Waals surface area contributed by atoms with Gasteiger partial charge in [-0.25, -0.2) is 0 Å². The zero-order chi connectivity index (χ0) is 12.9. The third kappa shape index (κ3) is 4.60. The van der Waals surface area contributed by atoms with E-state index < -0.39 is 0 Å². The van der Waals surface area contributed by atoms with Crippen LogP contribution in [0.4, 0.5) is 0 Å². The van der Waals surface area contributed by atoms with Crippen LogP contribution in [0.25, 0.3) is 0 Å². The van der Waals surface area contributed by atoms with Crippen LogP contribution in [0.15, 0.2) is 106 Å². The minimum absolute atomic E-state index is 0. The second-order valence-electron chi connectivity index (χ2n) is 4.25. The Bertz CT molecular complexity index is 535. The van der Waals surface area contributed by atoms with Crippen LogP contribution in [0.3, 0.4) is 0 Å². The first-order chi connectivity index (χ1) is 9.45. The number of hydrogen-bond acceptors (Lipinski definition) is 1. The number of rotatable bonds is 3. The van der Waals surface area contributed by atoms with Crippen molar-refractivity contribution >= 4 is 48.6 Å². The van der Waals surface area contributed by atoms with Crippen LogP contribution in [0.5, 0.6) is 0 Å². The Hall–Kier alpha value is -0.770. The molecule has 0 heterocycles. The maximum Gasteiger partial charge on any atom is 0.166 e. The van der Waals surface area contributed by atoms with Crippen molar-refractivity contribution in [2.45, 2.75) is 14.7 Å². The molecule has 1 nitrogen and oxygen atoms in total. The smallest absolute Gasteiger partial charge is 0.166 e. The molecule has 0 atom stereocenters. The van der Waals surface area contributed by atoms with E-state index in [2.05, 4.69) is 91.0 Å². The van der Waals surface area contributed by atoms with E-state index in [1.807, 2.05) is 0 Å². The van der Waals surface area contributed by atoms with Gasteiger partial charge in [-0.05, 0) is 36.4 Å². The molecule has 0 aliphatic heterocycles. The molecule has 21 heavy (non-hydrogen) atoms. The SMILES string of the molecule is [Ca].[OH-].c1ccc([S+](c2ccccc2)c2ccccc2)cc1. The van der Waals surface area contributed by atoms with Crippen LogP contribution < -0.4 is 0 Å². The molecule has 1 N–H and O–H groups in total. The number of benzene rings is 3. The molecule has 3 aromatic carbocycles. The molecular formula is C18H16CaOS. The average Bonchev–Trinajstić information content (AvgIpc) is 2.51. The fourth-order valence-corrected chi connectivity index (χ4v) is 4.18. The van der Waals surface area contributed by atoms with Gasteiger partial charge in [0.2, 0.25) is 0 Å². The van der Waals surface area contributed by atoms with Crippen molar-refractivity contribution in [1.82, 2.24) is 0 Å². The predicted molar refractivity (Wildman–Crippen MR) is 89.2 cm³/mol. The van der Waals surface area contributed by atoms with Gasteiger partial charge in [0.15, 0.2) is 14.7 Å². The monoisotopic (exact) mass is 320 g/mol. The van der Waals surface area contributed by atoms with Gasteiger partial charge in [0.05, 0.1) is 10.9 Å². The maximum atomic E-state index is 2.21. The first-order valence-corrected chi connectivity index (χ1v) is 7.57. The normalized spacial score (nSPS) is 9.57. The third-order valence-electron chi connectivity index (χ3n) is 2.94. The van der Waals surface area contributed by atoms with Crippen molar-refractivity contribution in [3.8, 4) is 0 Å². The average molecular weight is 320 g/mol. The molecule has 0 aliphatic rings. The predicted octanol–water partition coefficient (Wildman–Crippen LogP) is 4.22. The summed E-state index contributed by atoms with van der Waals surface area (Å²) in [6.45, 7) is 0. The van der Waals surface area contributed by atoms with E-state index in [9.17, 15) is 0 Å². The second-order valence-corrected chi connectivity index (χ2v) is 6.27. The summed E-state index contributed by atoms with van der Waals surface area (Å²) in [7, 11) is -0.0146. The summed E-state index contributed by atoms with van der Waals surface area (Å²) in [5.41, 5.74) is 0. The summed E-state index contributed by atoms with van der Waals surface area (Å²) in [5, 5.41) is 0. The Morgan fingerprint density at radius 1 is 0.429 bits per heavy atom. The standard InChI is InChI=1S/C18H15S.Ca.H2O/c1-4-10-16(11-5-1)19(17-12-6-2-7-13-17)18-14-8-3-9-15-18;;/h1-15H;;1H2/q+1;;/p-1. The molecule has 3 rings (SSSR count). The fraction of sp³-hybridized carbons (Fsp3) is 0. The summed E-state index contributed by atoms with van der Waals surface area (Å²) in [4.78, 5) is 4.08. The van der Waals surface area contributed by atoms with Crippen LogP contribution in [0.1, 0.15) is 0 Å². The van der Waals surface area contributed by atoms with Gasteiger partial charge in [-0.15, -0.1) is 0 Å². The van der Waals surface area contributed by atoms with Gasteiger partial charge in [0.1, 0.15) is 0 Å². The zero-order valence-corrected chi connectivity index (χ0v) is 14.7. The molecule has 0 saturated carbocycles. The maximum absolute atomic E-state index is 2.21. The molecular weight excluding hydrogens is 304 g/mol. The van der Waals surface area contributed by atoms with E-state index in [0.29, 0.717) is 0 Å². The molecule has 2 radical (unpaired) electrons. The van der Waals surface area contributed by atoms with Crippen LogP contribution in [-0.4, -0.2) is 43.2 Å². The minimum atomic E-state index is -0.0146. The molecule has 0 fully saturated rings. The molecule has 0 bridgehead atoms. The molecule has 3 heteroatoms. The van der Waals surface area contributed by atoms with Crippen molar-refractivity contribution < 1.29 is 5.48 Å². The summed E-state index contributed by atoms with van der Waals surface area (Å²) in [5.74, 6) is 0. The van der Waals surface area contributed by atoms with E-state index >= 15 is 0 Å². The van der Waals surface area contributed by atoms with Gasteiger partial charge >= 0.3 is 0 Å². The second kappa shape index (κ2) is 9.29. The van der Waals surface area contributed by atoms with Gasteiger partial charge in [0.25, 0.3) is 0 Å². The minimum Gasteiger partial charge on any atom is -0.870 e. The van der Waals surface area contributed by atoms with Gasteiger partial charge in [0, 0.05) is 37.7 Å². The van der Waals surface area contributed by atoms with Crippen molar-refractivity contribution in [2.24, 2.45) is 0 Å². The fourth-order valence-electron chi connectivity index (χ4n) is 2.08. The van der Waals surface area contributed by atoms with E-state index in [1.54, 1.807) is 0 Å². The van der Waals surface area contributed by atoms with Crippen molar-refractivity contribution in [3.05, 3.63) is 91.0 Å². The summed E-state index contributed by atoms with van der Waals surface area (Å²) in [6, 6.07) is 32.2. The van der Waals surface area contributed by atoms with Crippen LogP contribution in [0, 0.1) is 0 Å². The Kier molecular flexibility index (Phi) is 8.09. The summed E-state index contributed by atoms with van der Waals surface area (Å²) in [6.07, 6.45) is 0. The van der Waals surface area contributed by atoms with Gasteiger partial charge in [-0.3, -0.25) is 0 Å². The Balaban J connectivity index is 0.00000110. The van der Waals surface area contributed by atoms with Crippen LogP contribution >= 0.6 is 0 Å². The van der Waals surface area contributed by atoms with E-state index in [4.69, 9.17) is 0 Å². The van der Waals surface area contributed by atoms with E-state index in [1.165, 1.54) is 14.7 Å². The van der Waals surface area contributed by atoms with Crippen molar-refractivity contribution in [1.29, 1.82) is 0 Å². The van der Waals surface area contributed by atoms with Gasteiger partial charge in [-0.2, -0.15) is 0 Å². The van der Waals surface area contributed by atoms with Gasteiger partial charge < -0.3 is 5.48 Å². The van der Waals surface area contributed by atoms with Gasteiger partial charge in [-0.1, -0.05) is 54.6 Å². The molecule has 0 aliphatic carbocycles. The number of hydrogen-bond donors (Lipinski definition) is 0. The summed E-state index contributed by atoms with van der Waals surface area (Å²) >= 11 is 0. The van der Waals surface area contributed by atoms with Crippen LogP contribution in [0.2, 0.25) is 0 Å². The summed E-state index contributed by atoms with van der Waals surface area (Å²) < 4.78 is 0. The topological polar surface area (TPSA) is 30.0 Å². The van der Waals surface area contributed by atoms with Crippen LogP contribution in [-0.2, 0) is 10.9 Å². The Morgan fingerprint density at radius 3 is 0.905 bits per heavy atom. The Labute approximate surface area is 158 Å². The molecule has 102 valence electrons. The molecule has 0 aromatic heterocycles. The Morgan fingerprint density at radius 2 is 0.667 bits per heavy atom. The third-order valence-corrected chi connectivity index (χ3v) is 5.17. The largest absolute Gasteiger partial charge is 0.870 e.